The lowest BCUT2D eigenvalue weighted by molar-refractivity contribution is 0.473. The number of pyridine rings is 1. The summed E-state index contributed by atoms with van der Waals surface area (Å²) < 4.78 is 28.1. The zero-order valence-corrected chi connectivity index (χ0v) is 14.4. The van der Waals surface area contributed by atoms with Gasteiger partial charge in [0, 0.05) is 17.8 Å². The third-order valence-electron chi connectivity index (χ3n) is 4.54. The third-order valence-corrected chi connectivity index (χ3v) is 5.78. The molecule has 128 valence electrons. The summed E-state index contributed by atoms with van der Waals surface area (Å²) in [5, 5.41) is 2.22. The normalized spacial score (nSPS) is 22.3. The molecule has 2 aromatic carbocycles. The Kier molecular flexibility index (Phi) is 3.54. The first kappa shape index (κ1) is 16.0. The molecule has 2 heterocycles. The van der Waals surface area contributed by atoms with E-state index in [1.807, 2.05) is 42.5 Å². The Balaban J connectivity index is 1.76. The van der Waals surface area contributed by atoms with Gasteiger partial charge in [-0.25, -0.2) is 4.72 Å². The van der Waals surface area contributed by atoms with Gasteiger partial charge in [-0.2, -0.15) is 13.1 Å². The van der Waals surface area contributed by atoms with Crippen LogP contribution in [0.4, 0.5) is 0 Å². The number of aromatic nitrogens is 1. The molecule has 1 aliphatic rings. The summed E-state index contributed by atoms with van der Waals surface area (Å²) in [7, 11) is -3.56. The van der Waals surface area contributed by atoms with Gasteiger partial charge in [0.05, 0.1) is 5.54 Å². The summed E-state index contributed by atoms with van der Waals surface area (Å²) in [5.74, 6) is 0. The van der Waals surface area contributed by atoms with Crippen molar-refractivity contribution in [3.63, 3.8) is 0 Å². The van der Waals surface area contributed by atoms with Crippen LogP contribution in [0.15, 0.2) is 59.4 Å². The number of hydrogen-bond acceptors (Lipinski definition) is 3. The van der Waals surface area contributed by atoms with Crippen molar-refractivity contribution in [2.45, 2.75) is 12.5 Å². The Morgan fingerprint density at radius 2 is 1.76 bits per heavy atom. The lowest BCUT2D eigenvalue weighted by Gasteiger charge is -2.21. The van der Waals surface area contributed by atoms with E-state index >= 15 is 0 Å². The molecule has 0 aliphatic carbocycles. The summed E-state index contributed by atoms with van der Waals surface area (Å²) in [6.07, 6.45) is 0. The molecule has 0 bridgehead atoms. The van der Waals surface area contributed by atoms with E-state index in [1.165, 1.54) is 0 Å². The Labute approximate surface area is 145 Å². The van der Waals surface area contributed by atoms with Crippen molar-refractivity contribution in [1.29, 1.82) is 0 Å². The lowest BCUT2D eigenvalue weighted by Crippen LogP contribution is -2.41. The fraction of sp³-hybridized carbons (Fsp3) is 0.167. The first-order chi connectivity index (χ1) is 11.9. The summed E-state index contributed by atoms with van der Waals surface area (Å²) in [5.41, 5.74) is 0.702. The molecule has 7 heteroatoms. The molecular weight excluding hydrogens is 338 g/mol. The van der Waals surface area contributed by atoms with Crippen LogP contribution in [-0.4, -0.2) is 19.9 Å². The predicted octanol–water partition coefficient (Wildman–Crippen LogP) is 1.85. The second-order valence-corrected chi connectivity index (χ2v) is 7.94. The third kappa shape index (κ3) is 2.86. The van der Waals surface area contributed by atoms with Crippen molar-refractivity contribution in [2.75, 3.05) is 6.54 Å². The molecule has 1 aliphatic heterocycles. The van der Waals surface area contributed by atoms with Gasteiger partial charge < -0.3 is 4.98 Å². The topological polar surface area (TPSA) is 91.1 Å². The number of rotatable bonds is 2. The molecule has 6 nitrogen and oxygen atoms in total. The predicted molar refractivity (Wildman–Crippen MR) is 97.4 cm³/mol. The Morgan fingerprint density at radius 3 is 2.44 bits per heavy atom. The molecule has 1 saturated heterocycles. The molecule has 0 radical (unpaired) electrons. The summed E-state index contributed by atoms with van der Waals surface area (Å²) in [4.78, 5) is 15.4. The van der Waals surface area contributed by atoms with Crippen LogP contribution < -0.4 is 15.0 Å². The smallest absolute Gasteiger partial charge is 0.277 e. The first-order valence-electron chi connectivity index (χ1n) is 7.88. The van der Waals surface area contributed by atoms with Gasteiger partial charge >= 0.3 is 0 Å². The number of nitrogens with one attached hydrogen (secondary N) is 3. The minimum Gasteiger partial charge on any atom is -0.322 e. The number of aromatic amines is 1. The van der Waals surface area contributed by atoms with Crippen LogP contribution in [0.5, 0.6) is 0 Å². The minimum absolute atomic E-state index is 0.133. The zero-order chi connectivity index (χ0) is 17.7. The maximum atomic E-state index is 12.6. The van der Waals surface area contributed by atoms with Gasteiger partial charge in [0.15, 0.2) is 0 Å². The van der Waals surface area contributed by atoms with E-state index in [0.717, 1.165) is 16.3 Å². The van der Waals surface area contributed by atoms with Gasteiger partial charge in [-0.3, -0.25) is 4.79 Å². The first-order valence-corrected chi connectivity index (χ1v) is 9.36. The highest BCUT2D eigenvalue weighted by Crippen LogP contribution is 2.25. The molecule has 1 atom stereocenters. The van der Waals surface area contributed by atoms with E-state index < -0.39 is 15.7 Å². The van der Waals surface area contributed by atoms with Crippen molar-refractivity contribution in [3.05, 3.63) is 70.5 Å². The van der Waals surface area contributed by atoms with E-state index in [9.17, 15) is 13.2 Å². The number of benzene rings is 2. The fourth-order valence-corrected chi connectivity index (χ4v) is 4.52. The van der Waals surface area contributed by atoms with Gasteiger partial charge in [-0.15, -0.1) is 0 Å². The molecule has 0 spiro atoms. The van der Waals surface area contributed by atoms with Crippen molar-refractivity contribution < 1.29 is 8.42 Å². The van der Waals surface area contributed by atoms with Gasteiger partial charge in [-0.05, 0) is 41.5 Å². The van der Waals surface area contributed by atoms with Crippen LogP contribution in [0.25, 0.3) is 22.0 Å². The van der Waals surface area contributed by atoms with Crippen LogP contribution in [0, 0.1) is 0 Å². The van der Waals surface area contributed by atoms with Gasteiger partial charge in [0.1, 0.15) is 0 Å². The molecule has 0 saturated carbocycles. The summed E-state index contributed by atoms with van der Waals surface area (Å²) in [6, 6.07) is 17.5. The van der Waals surface area contributed by atoms with Crippen LogP contribution in [0.2, 0.25) is 0 Å². The highest BCUT2D eigenvalue weighted by molar-refractivity contribution is 7.87. The largest absolute Gasteiger partial charge is 0.322 e. The molecular formula is C18H17N3O3S. The van der Waals surface area contributed by atoms with Crippen LogP contribution in [0.3, 0.4) is 0 Å². The number of H-pyrrole nitrogens is 1. The molecule has 25 heavy (non-hydrogen) atoms. The average molecular weight is 355 g/mol. The Bertz CT molecular complexity index is 1140. The highest BCUT2D eigenvalue weighted by atomic mass is 32.2. The summed E-state index contributed by atoms with van der Waals surface area (Å²) >= 11 is 0. The van der Waals surface area contributed by atoms with E-state index in [4.69, 9.17) is 0 Å². The molecule has 1 fully saturated rings. The molecule has 1 unspecified atom stereocenters. The van der Waals surface area contributed by atoms with Crippen LogP contribution in [0.1, 0.15) is 12.5 Å². The molecule has 4 rings (SSSR count). The lowest BCUT2D eigenvalue weighted by atomic mass is 9.94. The second kappa shape index (κ2) is 5.52. The zero-order valence-electron chi connectivity index (χ0n) is 13.5. The van der Waals surface area contributed by atoms with Gasteiger partial charge in [0.25, 0.3) is 15.8 Å². The standard InChI is InChI=1S/C18H17N3O3S/c1-18(11-19-25(23,24)21-18)15-8-9-16(20-17(15)22)14-7-6-12-4-2-3-5-13(12)10-14/h2-10,19,21H,11H2,1H3,(H,20,22). The van der Waals surface area contributed by atoms with E-state index in [2.05, 4.69) is 14.4 Å². The average Bonchev–Trinajstić information content (AvgIpc) is 2.88. The van der Waals surface area contributed by atoms with Crippen molar-refractivity contribution in [1.82, 2.24) is 14.4 Å². The monoisotopic (exact) mass is 355 g/mol. The van der Waals surface area contributed by atoms with Crippen molar-refractivity contribution in [3.8, 4) is 11.3 Å². The van der Waals surface area contributed by atoms with Crippen molar-refractivity contribution in [2.24, 2.45) is 0 Å². The minimum atomic E-state index is -3.56. The maximum absolute atomic E-state index is 12.6. The SMILES string of the molecule is CC1(c2ccc(-c3ccc4ccccc4c3)[nH]c2=O)CNS(=O)(=O)N1. The fourth-order valence-electron chi connectivity index (χ4n) is 3.19. The molecule has 1 aromatic heterocycles. The molecule has 0 amide bonds. The van der Waals surface area contributed by atoms with E-state index in [1.54, 1.807) is 19.1 Å². The highest BCUT2D eigenvalue weighted by Gasteiger charge is 2.40. The maximum Gasteiger partial charge on any atom is 0.277 e. The Hall–Kier alpha value is -2.48. The van der Waals surface area contributed by atoms with Crippen LogP contribution >= 0.6 is 0 Å². The van der Waals surface area contributed by atoms with Crippen molar-refractivity contribution >= 4 is 21.0 Å². The number of hydrogen-bond donors (Lipinski definition) is 3. The Morgan fingerprint density at radius 1 is 1.00 bits per heavy atom. The summed E-state index contributed by atoms with van der Waals surface area (Å²) in [6.45, 7) is 1.82. The van der Waals surface area contributed by atoms with Gasteiger partial charge in [-0.1, -0.05) is 36.4 Å². The molecule has 3 aromatic rings. The number of fused-ring (bicyclic) bond motifs is 1. The quantitative estimate of drug-likeness (QED) is 0.655. The van der Waals surface area contributed by atoms with E-state index in [0.29, 0.717) is 11.3 Å². The van der Waals surface area contributed by atoms with E-state index in [-0.39, 0.29) is 12.1 Å². The van der Waals surface area contributed by atoms with Gasteiger partial charge in [0.2, 0.25) is 0 Å². The molecule has 3 N–H and O–H groups in total. The van der Waals surface area contributed by atoms with Crippen LogP contribution in [-0.2, 0) is 15.7 Å². The second-order valence-electron chi connectivity index (χ2n) is 6.44.